The van der Waals surface area contributed by atoms with E-state index in [2.05, 4.69) is 15.5 Å². The van der Waals surface area contributed by atoms with E-state index in [9.17, 15) is 14.9 Å². The summed E-state index contributed by atoms with van der Waals surface area (Å²) in [6, 6.07) is 10.7. The molecule has 0 bridgehead atoms. The lowest BCUT2D eigenvalue weighted by Crippen LogP contribution is -2.01. The minimum absolute atomic E-state index is 0.00136. The Morgan fingerprint density at radius 1 is 1.20 bits per heavy atom. The third-order valence-electron chi connectivity index (χ3n) is 4.00. The van der Waals surface area contributed by atoms with Gasteiger partial charge in [0.15, 0.2) is 5.58 Å². The minimum atomic E-state index is -0.545. The van der Waals surface area contributed by atoms with E-state index in [0.29, 0.717) is 31.5 Å². The second-order valence-corrected chi connectivity index (χ2v) is 7.88. The van der Waals surface area contributed by atoms with E-state index in [1.165, 1.54) is 41.9 Å². The number of nitro groups is 1. The second kappa shape index (κ2) is 8.23. The summed E-state index contributed by atoms with van der Waals surface area (Å²) in [6.07, 6.45) is 3.03. The van der Waals surface area contributed by atoms with Crippen molar-refractivity contribution in [3.63, 3.8) is 0 Å². The molecule has 0 amide bonds. The Morgan fingerprint density at radius 3 is 2.70 bits per heavy atom. The van der Waals surface area contributed by atoms with Crippen LogP contribution in [0.4, 0.5) is 10.8 Å². The lowest BCUT2D eigenvalue weighted by molar-refractivity contribution is -0.384. The van der Waals surface area contributed by atoms with Crippen LogP contribution in [0.1, 0.15) is 5.56 Å². The Bertz CT molecular complexity index is 1350. The summed E-state index contributed by atoms with van der Waals surface area (Å²) in [5, 5.41) is 16.5. The quantitative estimate of drug-likeness (QED) is 0.180. The van der Waals surface area contributed by atoms with Gasteiger partial charge < -0.3 is 4.42 Å². The Kier molecular flexibility index (Phi) is 5.49. The lowest BCUT2D eigenvalue weighted by Gasteiger charge is -2.02. The molecule has 2 aromatic carbocycles. The number of aromatic nitrogens is 1. The normalized spacial score (nSPS) is 11.3. The molecule has 2 heterocycles. The number of benzene rings is 2. The molecule has 0 radical (unpaired) electrons. The van der Waals surface area contributed by atoms with Gasteiger partial charge in [-0.3, -0.25) is 15.5 Å². The molecule has 0 aliphatic carbocycles. The van der Waals surface area contributed by atoms with Crippen LogP contribution in [0, 0.1) is 10.1 Å². The summed E-state index contributed by atoms with van der Waals surface area (Å²) in [4.78, 5) is 27.3. The third-order valence-corrected chi connectivity index (χ3v) is 5.43. The predicted molar refractivity (Wildman–Crippen MR) is 118 cm³/mol. The van der Waals surface area contributed by atoms with Gasteiger partial charge in [-0.1, -0.05) is 34.5 Å². The number of nitrogens with zero attached hydrogens (tertiary/aromatic N) is 3. The van der Waals surface area contributed by atoms with E-state index < -0.39 is 10.5 Å². The number of rotatable bonds is 5. The van der Waals surface area contributed by atoms with Crippen molar-refractivity contribution in [2.45, 2.75) is 0 Å². The van der Waals surface area contributed by atoms with E-state index in [0.717, 1.165) is 0 Å². The third kappa shape index (κ3) is 4.18. The largest absolute Gasteiger partial charge is 0.421 e. The van der Waals surface area contributed by atoms with Crippen molar-refractivity contribution >= 4 is 62.5 Å². The number of nitro benzene ring substituents is 1. The number of anilines is 1. The van der Waals surface area contributed by atoms with Gasteiger partial charge in [0.1, 0.15) is 0 Å². The molecule has 1 N–H and O–H groups in total. The lowest BCUT2D eigenvalue weighted by atomic mass is 10.1. The van der Waals surface area contributed by atoms with Crippen LogP contribution in [0.5, 0.6) is 0 Å². The molecule has 150 valence electrons. The molecule has 4 aromatic rings. The number of nitrogens with one attached hydrogen (secondary N) is 1. The molecule has 0 aliphatic rings. The van der Waals surface area contributed by atoms with Crippen LogP contribution in [0.25, 0.3) is 21.4 Å². The van der Waals surface area contributed by atoms with Crippen molar-refractivity contribution in [2.75, 3.05) is 5.43 Å². The van der Waals surface area contributed by atoms with Crippen LogP contribution >= 0.6 is 34.5 Å². The van der Waals surface area contributed by atoms with Crippen LogP contribution in [0.2, 0.25) is 10.0 Å². The second-order valence-electron chi connectivity index (χ2n) is 6.00. The highest BCUT2D eigenvalue weighted by Gasteiger charge is 2.13. The predicted octanol–water partition coefficient (Wildman–Crippen LogP) is 5.58. The average Bonchev–Trinajstić information content (AvgIpc) is 3.17. The average molecular weight is 461 g/mol. The van der Waals surface area contributed by atoms with Gasteiger partial charge in [-0.25, -0.2) is 9.78 Å². The Morgan fingerprint density at radius 2 is 1.97 bits per heavy atom. The van der Waals surface area contributed by atoms with Crippen LogP contribution in [-0.4, -0.2) is 16.1 Å². The fourth-order valence-corrected chi connectivity index (χ4v) is 3.94. The molecule has 0 saturated carbocycles. The molecule has 30 heavy (non-hydrogen) atoms. The maximum atomic E-state index is 12.4. The summed E-state index contributed by atoms with van der Waals surface area (Å²) >= 11 is 13.3. The Balaban J connectivity index is 1.55. The number of hydrogen-bond acceptors (Lipinski definition) is 8. The summed E-state index contributed by atoms with van der Waals surface area (Å²) in [6.45, 7) is 0. The van der Waals surface area contributed by atoms with Gasteiger partial charge in [0.05, 0.1) is 26.6 Å². The molecule has 8 nitrogen and oxygen atoms in total. The number of thiazole rings is 1. The summed E-state index contributed by atoms with van der Waals surface area (Å²) in [7, 11) is 0. The van der Waals surface area contributed by atoms with E-state index in [-0.39, 0.29) is 16.3 Å². The fourth-order valence-electron chi connectivity index (χ4n) is 2.62. The zero-order valence-corrected chi connectivity index (χ0v) is 17.2. The highest BCUT2D eigenvalue weighted by atomic mass is 35.5. The highest BCUT2D eigenvalue weighted by molar-refractivity contribution is 7.18. The van der Waals surface area contributed by atoms with E-state index >= 15 is 0 Å². The summed E-state index contributed by atoms with van der Waals surface area (Å²) < 4.78 is 5.34. The van der Waals surface area contributed by atoms with Crippen molar-refractivity contribution in [1.82, 2.24) is 4.98 Å². The number of non-ortho nitro benzene ring substituents is 1. The Hall–Kier alpha value is -3.27. The SMILES string of the molecule is O=c1oc2c(Cl)cc(Cl)cc2cc1-c1cnc(N/N=C/c2ccc([N+](=O)[O-])cc2)s1. The highest BCUT2D eigenvalue weighted by Crippen LogP contribution is 2.32. The van der Waals surface area contributed by atoms with Gasteiger partial charge >= 0.3 is 5.63 Å². The molecule has 0 unspecified atom stereocenters. The molecule has 2 aromatic heterocycles. The maximum Gasteiger partial charge on any atom is 0.345 e. The van der Waals surface area contributed by atoms with Gasteiger partial charge in [0.25, 0.3) is 5.69 Å². The first-order valence-corrected chi connectivity index (χ1v) is 9.90. The molecular weight excluding hydrogens is 451 g/mol. The van der Waals surface area contributed by atoms with Gasteiger partial charge in [-0.05, 0) is 35.9 Å². The number of hydrogen-bond donors (Lipinski definition) is 1. The van der Waals surface area contributed by atoms with E-state index in [1.807, 2.05) is 0 Å². The van der Waals surface area contributed by atoms with Crippen LogP contribution < -0.4 is 11.1 Å². The van der Waals surface area contributed by atoms with E-state index in [1.54, 1.807) is 24.3 Å². The molecular formula is C19H10Cl2N4O4S. The minimum Gasteiger partial charge on any atom is -0.421 e. The molecule has 0 spiro atoms. The molecule has 0 aliphatic heterocycles. The van der Waals surface area contributed by atoms with Crippen LogP contribution in [-0.2, 0) is 0 Å². The first-order valence-electron chi connectivity index (χ1n) is 8.33. The molecule has 0 atom stereocenters. The van der Waals surface area contributed by atoms with Crippen molar-refractivity contribution in [3.8, 4) is 10.4 Å². The standard InChI is InChI=1S/C19H10Cl2N4O4S/c20-12-5-11-6-14(18(26)29-17(11)15(21)7-12)16-9-22-19(30-16)24-23-8-10-1-3-13(4-2-10)25(27)28/h1-9H,(H,22,24)/b23-8+. The topological polar surface area (TPSA) is 111 Å². The van der Waals surface area contributed by atoms with Crippen molar-refractivity contribution in [1.29, 1.82) is 0 Å². The summed E-state index contributed by atoms with van der Waals surface area (Å²) in [5.41, 5.74) is 3.49. The number of hydrazone groups is 1. The molecule has 0 saturated heterocycles. The molecule has 0 fully saturated rings. The van der Waals surface area contributed by atoms with Gasteiger partial charge in [-0.2, -0.15) is 5.10 Å². The van der Waals surface area contributed by atoms with Gasteiger partial charge in [0.2, 0.25) is 5.13 Å². The number of fused-ring (bicyclic) bond motifs is 1. The van der Waals surface area contributed by atoms with Crippen molar-refractivity contribution < 1.29 is 9.34 Å². The van der Waals surface area contributed by atoms with Gasteiger partial charge in [-0.15, -0.1) is 0 Å². The number of halogens is 2. The molecule has 11 heteroatoms. The van der Waals surface area contributed by atoms with Crippen molar-refractivity contribution in [2.24, 2.45) is 5.10 Å². The first kappa shape index (κ1) is 20.0. The monoisotopic (exact) mass is 460 g/mol. The molecule has 4 rings (SSSR count). The van der Waals surface area contributed by atoms with Gasteiger partial charge in [0, 0.05) is 28.7 Å². The van der Waals surface area contributed by atoms with E-state index in [4.69, 9.17) is 27.6 Å². The van der Waals surface area contributed by atoms with Crippen LogP contribution in [0.3, 0.4) is 0 Å². The Labute approximate surface area is 182 Å². The van der Waals surface area contributed by atoms with Crippen molar-refractivity contribution in [3.05, 3.63) is 84.8 Å². The zero-order chi connectivity index (χ0) is 21.3. The smallest absolute Gasteiger partial charge is 0.345 e. The maximum absolute atomic E-state index is 12.4. The van der Waals surface area contributed by atoms with Crippen LogP contribution in [0.15, 0.2) is 63.0 Å². The zero-order valence-electron chi connectivity index (χ0n) is 14.8. The summed E-state index contributed by atoms with van der Waals surface area (Å²) in [5.74, 6) is 0. The fraction of sp³-hybridized carbons (Fsp3) is 0. The first-order chi connectivity index (χ1) is 14.4.